The van der Waals surface area contributed by atoms with Gasteiger partial charge in [0.1, 0.15) is 5.69 Å². The Labute approximate surface area is 166 Å². The summed E-state index contributed by atoms with van der Waals surface area (Å²) in [6.07, 6.45) is 5.74. The molecule has 1 aromatic heterocycles. The average molecular weight is 389 g/mol. The van der Waals surface area contributed by atoms with Crippen LogP contribution < -0.4 is 14.8 Å². The standard InChI is InChI=1S/C21H31N3O4/c1-4-5-19(25)23-10-14-15-11-24(13-21(15)8-6-17(14)28-21)12-16-20(27-3)18(26-2)7-9-22-16/h7,9,14-15,17H,4-6,8,10-13H2,1-3H3,(H,23,25)/t14-,15+,17+,21+/m0/s1. The fourth-order valence-electron chi connectivity index (χ4n) is 5.40. The first-order chi connectivity index (χ1) is 13.6. The van der Waals surface area contributed by atoms with E-state index in [1.807, 2.05) is 13.0 Å². The molecule has 3 fully saturated rings. The van der Waals surface area contributed by atoms with Gasteiger partial charge in [-0.25, -0.2) is 0 Å². The molecular formula is C21H31N3O4. The Morgan fingerprint density at radius 2 is 2.29 bits per heavy atom. The van der Waals surface area contributed by atoms with Crippen molar-refractivity contribution in [2.24, 2.45) is 11.8 Å². The van der Waals surface area contributed by atoms with E-state index in [0.717, 1.165) is 44.6 Å². The average Bonchev–Trinajstić information content (AvgIpc) is 3.34. The highest BCUT2D eigenvalue weighted by Gasteiger charge is 2.62. The Hall–Kier alpha value is -1.86. The second-order valence-corrected chi connectivity index (χ2v) is 8.25. The van der Waals surface area contributed by atoms with E-state index in [2.05, 4.69) is 15.2 Å². The fourth-order valence-corrected chi connectivity index (χ4v) is 5.40. The summed E-state index contributed by atoms with van der Waals surface area (Å²) in [5.74, 6) is 2.43. The van der Waals surface area contributed by atoms with Crippen LogP contribution in [0.3, 0.4) is 0 Å². The lowest BCUT2D eigenvalue weighted by molar-refractivity contribution is -0.121. The molecule has 3 aliphatic heterocycles. The number of fused-ring (bicyclic) bond motifs is 1. The molecule has 3 saturated heterocycles. The minimum absolute atomic E-state index is 0.0586. The van der Waals surface area contributed by atoms with Crippen molar-refractivity contribution in [3.63, 3.8) is 0 Å². The normalized spacial score (nSPS) is 31.0. The quantitative estimate of drug-likeness (QED) is 0.733. The van der Waals surface area contributed by atoms with Gasteiger partial charge in [-0.1, -0.05) is 6.92 Å². The summed E-state index contributed by atoms with van der Waals surface area (Å²) >= 11 is 0. The third-order valence-corrected chi connectivity index (χ3v) is 6.61. The molecular weight excluding hydrogens is 358 g/mol. The Morgan fingerprint density at radius 3 is 3.04 bits per heavy atom. The zero-order valence-electron chi connectivity index (χ0n) is 17.1. The van der Waals surface area contributed by atoms with E-state index in [4.69, 9.17) is 14.2 Å². The van der Waals surface area contributed by atoms with Crippen LogP contribution in [0.5, 0.6) is 11.5 Å². The van der Waals surface area contributed by atoms with E-state index in [0.29, 0.717) is 42.4 Å². The maximum Gasteiger partial charge on any atom is 0.219 e. The Bertz CT molecular complexity index is 728. The van der Waals surface area contributed by atoms with Crippen molar-refractivity contribution in [1.82, 2.24) is 15.2 Å². The number of hydrogen-bond donors (Lipinski definition) is 1. The van der Waals surface area contributed by atoms with Crippen molar-refractivity contribution in [3.8, 4) is 11.5 Å². The molecule has 7 heteroatoms. The van der Waals surface area contributed by atoms with E-state index in [1.165, 1.54) is 0 Å². The van der Waals surface area contributed by atoms with Gasteiger partial charge in [0.05, 0.1) is 25.9 Å². The number of pyridine rings is 1. The highest BCUT2D eigenvalue weighted by molar-refractivity contribution is 5.75. The number of hydrogen-bond acceptors (Lipinski definition) is 6. The molecule has 0 saturated carbocycles. The van der Waals surface area contributed by atoms with Gasteiger partial charge in [0.25, 0.3) is 0 Å². The number of rotatable bonds is 8. The first-order valence-corrected chi connectivity index (χ1v) is 10.3. The Morgan fingerprint density at radius 1 is 1.43 bits per heavy atom. The van der Waals surface area contributed by atoms with Crippen LogP contribution in [0.15, 0.2) is 12.3 Å². The summed E-state index contributed by atoms with van der Waals surface area (Å²) < 4.78 is 17.4. The van der Waals surface area contributed by atoms with Gasteiger partial charge < -0.3 is 19.5 Å². The zero-order valence-corrected chi connectivity index (χ0v) is 17.1. The van der Waals surface area contributed by atoms with Crippen LogP contribution in [0.2, 0.25) is 0 Å². The first kappa shape index (κ1) is 19.5. The van der Waals surface area contributed by atoms with Crippen LogP contribution in [0.4, 0.5) is 0 Å². The molecule has 0 unspecified atom stereocenters. The van der Waals surface area contributed by atoms with E-state index < -0.39 is 0 Å². The summed E-state index contributed by atoms with van der Waals surface area (Å²) in [4.78, 5) is 18.9. The van der Waals surface area contributed by atoms with Gasteiger partial charge in [-0.2, -0.15) is 0 Å². The summed E-state index contributed by atoms with van der Waals surface area (Å²) in [5.41, 5.74) is 0.831. The minimum atomic E-state index is -0.0586. The molecule has 1 N–H and O–H groups in total. The number of likely N-dealkylation sites (tertiary alicyclic amines) is 1. The third-order valence-electron chi connectivity index (χ3n) is 6.61. The van der Waals surface area contributed by atoms with Gasteiger partial charge in [-0.3, -0.25) is 14.7 Å². The summed E-state index contributed by atoms with van der Waals surface area (Å²) in [6, 6.07) is 1.82. The Balaban J connectivity index is 1.45. The number of nitrogens with one attached hydrogen (secondary N) is 1. The molecule has 7 nitrogen and oxygen atoms in total. The van der Waals surface area contributed by atoms with E-state index >= 15 is 0 Å². The van der Waals surface area contributed by atoms with Crippen LogP contribution in [-0.4, -0.2) is 61.3 Å². The highest BCUT2D eigenvalue weighted by atomic mass is 16.5. The van der Waals surface area contributed by atoms with Crippen molar-refractivity contribution < 1.29 is 19.0 Å². The summed E-state index contributed by atoms with van der Waals surface area (Å²) in [7, 11) is 3.30. The third kappa shape index (κ3) is 3.35. The van der Waals surface area contributed by atoms with E-state index in [-0.39, 0.29) is 11.5 Å². The monoisotopic (exact) mass is 389 g/mol. The molecule has 0 radical (unpaired) electrons. The SMILES string of the molecule is CCCC(=O)NC[C@H]1[C@H]2CN(Cc3nccc(OC)c3OC)C[C@]23CC[C@H]1O3. The van der Waals surface area contributed by atoms with Gasteiger partial charge in [0.15, 0.2) is 11.5 Å². The van der Waals surface area contributed by atoms with Crippen molar-refractivity contribution in [1.29, 1.82) is 0 Å². The number of amides is 1. The van der Waals surface area contributed by atoms with Gasteiger partial charge in [0.2, 0.25) is 5.91 Å². The number of aromatic nitrogens is 1. The highest BCUT2D eigenvalue weighted by Crippen LogP contribution is 2.55. The molecule has 4 atom stereocenters. The summed E-state index contributed by atoms with van der Waals surface area (Å²) in [6.45, 7) is 5.35. The molecule has 2 bridgehead atoms. The molecule has 4 heterocycles. The number of nitrogens with zero attached hydrogens (tertiary/aromatic N) is 2. The van der Waals surface area contributed by atoms with Gasteiger partial charge >= 0.3 is 0 Å². The van der Waals surface area contributed by atoms with E-state index in [9.17, 15) is 4.79 Å². The van der Waals surface area contributed by atoms with Crippen molar-refractivity contribution >= 4 is 5.91 Å². The zero-order chi connectivity index (χ0) is 19.7. The first-order valence-electron chi connectivity index (χ1n) is 10.3. The maximum atomic E-state index is 11.9. The molecule has 4 rings (SSSR count). The maximum absolute atomic E-state index is 11.9. The predicted molar refractivity (Wildman–Crippen MR) is 104 cm³/mol. The lowest BCUT2D eigenvalue weighted by Gasteiger charge is -2.29. The Kier molecular flexibility index (Phi) is 5.47. The van der Waals surface area contributed by atoms with Crippen molar-refractivity contribution in [2.75, 3.05) is 33.9 Å². The van der Waals surface area contributed by atoms with Crippen LogP contribution in [-0.2, 0) is 16.1 Å². The van der Waals surface area contributed by atoms with Crippen molar-refractivity contribution in [2.45, 2.75) is 50.9 Å². The molecule has 1 aromatic rings. The number of ether oxygens (including phenoxy) is 3. The van der Waals surface area contributed by atoms with Crippen LogP contribution in [0.25, 0.3) is 0 Å². The van der Waals surface area contributed by atoms with Gasteiger partial charge in [-0.05, 0) is 19.3 Å². The summed E-state index contributed by atoms with van der Waals surface area (Å²) in [5, 5.41) is 3.13. The number of methoxy groups -OCH3 is 2. The lowest BCUT2D eigenvalue weighted by atomic mass is 9.73. The minimum Gasteiger partial charge on any atom is -0.493 e. The van der Waals surface area contributed by atoms with Gasteiger partial charge in [-0.15, -0.1) is 0 Å². The number of carbonyl (C=O) groups excluding carboxylic acids is 1. The fraction of sp³-hybridized carbons (Fsp3) is 0.714. The van der Waals surface area contributed by atoms with Crippen LogP contribution in [0, 0.1) is 11.8 Å². The molecule has 1 spiro atoms. The second-order valence-electron chi connectivity index (χ2n) is 8.25. The second kappa shape index (κ2) is 7.87. The van der Waals surface area contributed by atoms with Crippen LogP contribution >= 0.6 is 0 Å². The molecule has 0 aliphatic carbocycles. The molecule has 154 valence electrons. The smallest absolute Gasteiger partial charge is 0.219 e. The largest absolute Gasteiger partial charge is 0.493 e. The molecule has 28 heavy (non-hydrogen) atoms. The predicted octanol–water partition coefficient (Wildman–Crippen LogP) is 1.99. The van der Waals surface area contributed by atoms with Crippen molar-refractivity contribution in [3.05, 3.63) is 18.0 Å². The molecule has 1 amide bonds. The van der Waals surface area contributed by atoms with Crippen LogP contribution in [0.1, 0.15) is 38.3 Å². The number of carbonyl (C=O) groups is 1. The molecule has 0 aromatic carbocycles. The van der Waals surface area contributed by atoms with Gasteiger partial charge in [0, 0.05) is 56.7 Å². The lowest BCUT2D eigenvalue weighted by Crippen LogP contribution is -2.41. The van der Waals surface area contributed by atoms with E-state index in [1.54, 1.807) is 20.4 Å². The molecule has 3 aliphatic rings. The topological polar surface area (TPSA) is 72.9 Å².